The van der Waals surface area contributed by atoms with E-state index in [0.717, 1.165) is 16.9 Å². The third-order valence-corrected chi connectivity index (χ3v) is 3.73. The number of amides is 1. The summed E-state index contributed by atoms with van der Waals surface area (Å²) in [6, 6.07) is 24.0. The number of carbonyl (C=O) groups is 1. The number of nitrogens with one attached hydrogen (secondary N) is 1. The van der Waals surface area contributed by atoms with Crippen molar-refractivity contribution in [2.75, 3.05) is 5.32 Å². The summed E-state index contributed by atoms with van der Waals surface area (Å²) in [5.74, 6) is 0.624. The van der Waals surface area contributed by atoms with Crippen LogP contribution in [0.2, 0.25) is 0 Å². The number of benzene rings is 3. The van der Waals surface area contributed by atoms with Gasteiger partial charge in [-0.2, -0.15) is 0 Å². The van der Waals surface area contributed by atoms with Crippen molar-refractivity contribution >= 4 is 11.6 Å². The molecule has 0 saturated carbocycles. The summed E-state index contributed by atoms with van der Waals surface area (Å²) in [5.41, 5.74) is 2.97. The molecule has 0 radical (unpaired) electrons. The van der Waals surface area contributed by atoms with Gasteiger partial charge in [0.2, 0.25) is 0 Å². The van der Waals surface area contributed by atoms with Gasteiger partial charge in [0.1, 0.15) is 12.4 Å². The van der Waals surface area contributed by atoms with Gasteiger partial charge < -0.3 is 15.2 Å². The summed E-state index contributed by atoms with van der Waals surface area (Å²) in [5, 5.41) is 12.0. The van der Waals surface area contributed by atoms with Crippen molar-refractivity contribution in [1.82, 2.24) is 0 Å². The van der Waals surface area contributed by atoms with Crippen molar-refractivity contribution < 1.29 is 14.6 Å². The van der Waals surface area contributed by atoms with Gasteiger partial charge in [-0.15, -0.1) is 0 Å². The average Bonchev–Trinajstić information content (AvgIpc) is 2.67. The Morgan fingerprint density at radius 2 is 1.64 bits per heavy atom. The predicted octanol–water partition coefficient (Wildman–Crippen LogP) is 4.01. The van der Waals surface area contributed by atoms with E-state index in [0.29, 0.717) is 17.9 Å². The Morgan fingerprint density at radius 3 is 2.36 bits per heavy atom. The minimum Gasteiger partial charge on any atom is -0.489 e. The van der Waals surface area contributed by atoms with Gasteiger partial charge in [-0.3, -0.25) is 4.79 Å². The molecule has 2 N–H and O–H groups in total. The first kappa shape index (κ1) is 16.7. The summed E-state index contributed by atoms with van der Waals surface area (Å²) >= 11 is 0. The zero-order valence-electron chi connectivity index (χ0n) is 13.7. The summed E-state index contributed by atoms with van der Waals surface area (Å²) in [6.45, 7) is 0.393. The molecule has 3 aromatic rings. The van der Waals surface area contributed by atoms with Crippen LogP contribution in [0.5, 0.6) is 5.75 Å². The largest absolute Gasteiger partial charge is 0.489 e. The lowest BCUT2D eigenvalue weighted by Crippen LogP contribution is -2.12. The van der Waals surface area contributed by atoms with Gasteiger partial charge in [0.15, 0.2) is 0 Å². The molecule has 3 rings (SSSR count). The zero-order chi connectivity index (χ0) is 17.5. The second-order valence-electron chi connectivity index (χ2n) is 5.61. The lowest BCUT2D eigenvalue weighted by Gasteiger charge is -2.08. The van der Waals surface area contributed by atoms with Crippen molar-refractivity contribution in [3.05, 3.63) is 95.6 Å². The van der Waals surface area contributed by atoms with E-state index in [1.807, 2.05) is 42.5 Å². The minimum atomic E-state index is -0.189. The number of carbonyl (C=O) groups excluding carboxylic acids is 1. The van der Waals surface area contributed by atoms with Crippen molar-refractivity contribution in [2.45, 2.75) is 13.2 Å². The molecule has 0 heterocycles. The molecule has 0 bridgehead atoms. The van der Waals surface area contributed by atoms with Gasteiger partial charge in [-0.25, -0.2) is 0 Å². The molecule has 3 aromatic carbocycles. The molecule has 0 aromatic heterocycles. The molecule has 25 heavy (non-hydrogen) atoms. The quantitative estimate of drug-likeness (QED) is 0.716. The Balaban J connectivity index is 1.60. The highest BCUT2D eigenvalue weighted by atomic mass is 16.5. The summed E-state index contributed by atoms with van der Waals surface area (Å²) in [4.78, 5) is 12.3. The van der Waals surface area contributed by atoms with Crippen molar-refractivity contribution in [3.63, 3.8) is 0 Å². The van der Waals surface area contributed by atoms with Crippen LogP contribution in [0.15, 0.2) is 78.9 Å². The molecular formula is C21H19NO3. The van der Waals surface area contributed by atoms with Crippen LogP contribution >= 0.6 is 0 Å². The summed E-state index contributed by atoms with van der Waals surface area (Å²) in [7, 11) is 0. The van der Waals surface area contributed by atoms with E-state index in [-0.39, 0.29) is 12.5 Å². The topological polar surface area (TPSA) is 58.6 Å². The van der Waals surface area contributed by atoms with Crippen LogP contribution in [-0.2, 0) is 13.2 Å². The normalized spacial score (nSPS) is 10.3. The maximum atomic E-state index is 12.3. The summed E-state index contributed by atoms with van der Waals surface area (Å²) < 4.78 is 5.69. The molecule has 4 nitrogen and oxygen atoms in total. The SMILES string of the molecule is O=C(Nc1cccc(CO)c1)c1ccc(COc2ccccc2)cc1. The van der Waals surface area contributed by atoms with Gasteiger partial charge >= 0.3 is 0 Å². The molecule has 0 saturated heterocycles. The Labute approximate surface area is 146 Å². The number of hydrogen-bond donors (Lipinski definition) is 2. The third-order valence-electron chi connectivity index (χ3n) is 3.73. The fourth-order valence-electron chi connectivity index (χ4n) is 2.39. The number of para-hydroxylation sites is 1. The van der Waals surface area contributed by atoms with E-state index >= 15 is 0 Å². The standard InChI is InChI=1S/C21H19NO3/c23-14-17-5-4-6-19(13-17)22-21(24)18-11-9-16(10-12-18)15-25-20-7-2-1-3-8-20/h1-13,23H,14-15H2,(H,22,24). The van der Waals surface area contributed by atoms with Crippen molar-refractivity contribution in [2.24, 2.45) is 0 Å². The fraction of sp³-hybridized carbons (Fsp3) is 0.0952. The second-order valence-corrected chi connectivity index (χ2v) is 5.61. The molecule has 0 aliphatic carbocycles. The molecule has 0 atom stereocenters. The van der Waals surface area contributed by atoms with Crippen LogP contribution < -0.4 is 10.1 Å². The van der Waals surface area contributed by atoms with Gasteiger partial charge in [0.25, 0.3) is 5.91 Å². The van der Waals surface area contributed by atoms with Gasteiger partial charge in [-0.1, -0.05) is 42.5 Å². The van der Waals surface area contributed by atoms with E-state index in [9.17, 15) is 4.79 Å². The lowest BCUT2D eigenvalue weighted by atomic mass is 10.1. The highest BCUT2D eigenvalue weighted by molar-refractivity contribution is 6.04. The van der Waals surface area contributed by atoms with E-state index in [1.165, 1.54) is 0 Å². The van der Waals surface area contributed by atoms with E-state index in [2.05, 4.69) is 5.32 Å². The Kier molecular flexibility index (Phi) is 5.44. The Hall–Kier alpha value is -3.11. The molecule has 0 unspecified atom stereocenters. The second kappa shape index (κ2) is 8.13. The molecule has 0 spiro atoms. The number of rotatable bonds is 6. The van der Waals surface area contributed by atoms with Gasteiger partial charge in [-0.05, 0) is 47.5 Å². The number of anilines is 1. The first-order valence-corrected chi connectivity index (χ1v) is 8.02. The first-order chi connectivity index (χ1) is 12.2. The Morgan fingerprint density at radius 1 is 0.880 bits per heavy atom. The summed E-state index contributed by atoms with van der Waals surface area (Å²) in [6.07, 6.45) is 0. The van der Waals surface area contributed by atoms with Crippen molar-refractivity contribution in [1.29, 1.82) is 0 Å². The zero-order valence-corrected chi connectivity index (χ0v) is 13.7. The first-order valence-electron chi connectivity index (χ1n) is 8.02. The molecule has 0 fully saturated rings. The molecule has 126 valence electrons. The number of hydrogen-bond acceptors (Lipinski definition) is 3. The number of aliphatic hydroxyl groups excluding tert-OH is 1. The molecule has 0 aliphatic heterocycles. The maximum absolute atomic E-state index is 12.3. The van der Waals surface area contributed by atoms with E-state index in [1.54, 1.807) is 36.4 Å². The maximum Gasteiger partial charge on any atom is 0.255 e. The fourth-order valence-corrected chi connectivity index (χ4v) is 2.39. The molecular weight excluding hydrogens is 314 g/mol. The smallest absolute Gasteiger partial charge is 0.255 e. The number of ether oxygens (including phenoxy) is 1. The van der Waals surface area contributed by atoms with Crippen LogP contribution in [0.1, 0.15) is 21.5 Å². The molecule has 1 amide bonds. The Bertz CT molecular complexity index is 829. The van der Waals surface area contributed by atoms with Gasteiger partial charge in [0, 0.05) is 11.3 Å². The van der Waals surface area contributed by atoms with Crippen molar-refractivity contribution in [3.8, 4) is 5.75 Å². The van der Waals surface area contributed by atoms with Crippen LogP contribution in [0.3, 0.4) is 0 Å². The number of aliphatic hydroxyl groups is 1. The third kappa shape index (κ3) is 4.68. The average molecular weight is 333 g/mol. The predicted molar refractivity (Wildman–Crippen MR) is 97.5 cm³/mol. The molecule has 4 heteroatoms. The van der Waals surface area contributed by atoms with Crippen LogP contribution in [-0.4, -0.2) is 11.0 Å². The van der Waals surface area contributed by atoms with Gasteiger partial charge in [0.05, 0.1) is 6.61 Å². The monoisotopic (exact) mass is 333 g/mol. The minimum absolute atomic E-state index is 0.0557. The highest BCUT2D eigenvalue weighted by Gasteiger charge is 2.06. The lowest BCUT2D eigenvalue weighted by molar-refractivity contribution is 0.102. The van der Waals surface area contributed by atoms with Crippen LogP contribution in [0, 0.1) is 0 Å². The van der Waals surface area contributed by atoms with E-state index in [4.69, 9.17) is 9.84 Å². The highest BCUT2D eigenvalue weighted by Crippen LogP contribution is 2.15. The molecule has 0 aliphatic rings. The van der Waals surface area contributed by atoms with Crippen LogP contribution in [0.4, 0.5) is 5.69 Å². The van der Waals surface area contributed by atoms with E-state index < -0.39 is 0 Å². The van der Waals surface area contributed by atoms with Crippen LogP contribution in [0.25, 0.3) is 0 Å².